The average Bonchev–Trinajstić information content (AvgIpc) is 2.47. The van der Waals surface area contributed by atoms with Gasteiger partial charge in [-0.05, 0) is 23.8 Å². The summed E-state index contributed by atoms with van der Waals surface area (Å²) in [6.45, 7) is 0.328. The van der Waals surface area contributed by atoms with Crippen LogP contribution < -0.4 is 11.2 Å². The summed E-state index contributed by atoms with van der Waals surface area (Å²) in [6, 6.07) is 14.0. The number of carbonyl (C=O) groups is 2. The van der Waals surface area contributed by atoms with Crippen molar-refractivity contribution in [3.63, 3.8) is 0 Å². The molecule has 5 heteroatoms. The van der Waals surface area contributed by atoms with Gasteiger partial charge in [-0.15, -0.1) is 0 Å². The van der Waals surface area contributed by atoms with Crippen LogP contribution >= 0.6 is 0 Å². The summed E-state index contributed by atoms with van der Waals surface area (Å²) in [4.78, 5) is 24.4. The van der Waals surface area contributed by atoms with E-state index in [4.69, 9.17) is 5.73 Å². The number of hydrogen-bond donors (Lipinski definition) is 2. The number of hydrogen-bond acceptors (Lipinski definition) is 3. The molecule has 1 heterocycles. The van der Waals surface area contributed by atoms with E-state index in [1.54, 1.807) is 36.4 Å². The lowest BCUT2D eigenvalue weighted by Gasteiger charge is -2.29. The summed E-state index contributed by atoms with van der Waals surface area (Å²) >= 11 is 0. The maximum absolute atomic E-state index is 12.4. The maximum Gasteiger partial charge on any atom is 0.274 e. The monoisotopic (exact) mass is 267 g/mol. The first-order chi connectivity index (χ1) is 9.66. The Balaban J connectivity index is 1.92. The Morgan fingerprint density at radius 1 is 1.10 bits per heavy atom. The minimum Gasteiger partial charge on any atom is -0.398 e. The number of nitrogens with two attached hydrogens (primary N) is 1. The van der Waals surface area contributed by atoms with Crippen molar-refractivity contribution < 1.29 is 9.59 Å². The third kappa shape index (κ3) is 1.99. The molecule has 0 aromatic heterocycles. The standard InChI is InChI=1S/C15H13N3O2/c16-13-8-4-3-7-12(13)15(20)18-9-10-5-1-2-6-11(10)14(19)17-18/h1-8H,9,16H2,(H,17,19). The molecular formula is C15H13N3O2. The smallest absolute Gasteiger partial charge is 0.274 e. The summed E-state index contributed by atoms with van der Waals surface area (Å²) < 4.78 is 0. The van der Waals surface area contributed by atoms with E-state index in [2.05, 4.69) is 5.43 Å². The second-order valence-electron chi connectivity index (χ2n) is 4.58. The molecule has 0 aliphatic carbocycles. The van der Waals surface area contributed by atoms with E-state index >= 15 is 0 Å². The largest absolute Gasteiger partial charge is 0.398 e. The van der Waals surface area contributed by atoms with Crippen molar-refractivity contribution in [1.29, 1.82) is 0 Å². The lowest BCUT2D eigenvalue weighted by atomic mass is 10.0. The first-order valence-corrected chi connectivity index (χ1v) is 6.22. The molecule has 0 fully saturated rings. The number of nitrogens with zero attached hydrogens (tertiary/aromatic N) is 1. The van der Waals surface area contributed by atoms with Gasteiger partial charge in [-0.1, -0.05) is 30.3 Å². The first kappa shape index (κ1) is 12.2. The number of para-hydroxylation sites is 1. The number of rotatable bonds is 1. The highest BCUT2D eigenvalue weighted by atomic mass is 16.2. The van der Waals surface area contributed by atoms with E-state index in [0.717, 1.165) is 5.56 Å². The predicted molar refractivity (Wildman–Crippen MR) is 74.6 cm³/mol. The molecule has 0 bridgehead atoms. The molecule has 3 N–H and O–H groups in total. The van der Waals surface area contributed by atoms with Crippen LogP contribution in [0.5, 0.6) is 0 Å². The molecule has 20 heavy (non-hydrogen) atoms. The van der Waals surface area contributed by atoms with Crippen molar-refractivity contribution in [3.05, 3.63) is 65.2 Å². The molecular weight excluding hydrogens is 254 g/mol. The van der Waals surface area contributed by atoms with Gasteiger partial charge in [0.2, 0.25) is 0 Å². The van der Waals surface area contributed by atoms with Crippen LogP contribution in [0.4, 0.5) is 5.69 Å². The lowest BCUT2D eigenvalue weighted by molar-refractivity contribution is 0.0540. The molecule has 0 saturated carbocycles. The SMILES string of the molecule is Nc1ccccc1C(=O)N1Cc2ccccc2C(=O)N1. The fraction of sp³-hybridized carbons (Fsp3) is 0.0667. The predicted octanol–water partition coefficient (Wildman–Crippen LogP) is 1.57. The van der Waals surface area contributed by atoms with Gasteiger partial charge in [0, 0.05) is 11.3 Å². The number of anilines is 1. The molecule has 1 aliphatic rings. The maximum atomic E-state index is 12.4. The van der Waals surface area contributed by atoms with E-state index in [1.165, 1.54) is 5.01 Å². The Kier molecular flexibility index (Phi) is 2.87. The van der Waals surface area contributed by atoms with Crippen LogP contribution in [0.2, 0.25) is 0 Å². The summed E-state index contributed by atoms with van der Waals surface area (Å²) in [5.41, 5.74) is 10.6. The lowest BCUT2D eigenvalue weighted by Crippen LogP contribution is -2.49. The Morgan fingerprint density at radius 3 is 2.60 bits per heavy atom. The van der Waals surface area contributed by atoms with Crippen LogP contribution in [0.3, 0.4) is 0 Å². The van der Waals surface area contributed by atoms with Gasteiger partial charge >= 0.3 is 0 Å². The Hall–Kier alpha value is -2.82. The molecule has 1 aliphatic heterocycles. The van der Waals surface area contributed by atoms with E-state index in [0.29, 0.717) is 23.4 Å². The highest BCUT2D eigenvalue weighted by Gasteiger charge is 2.27. The average molecular weight is 267 g/mol. The van der Waals surface area contributed by atoms with Gasteiger partial charge in [-0.3, -0.25) is 15.0 Å². The third-order valence-corrected chi connectivity index (χ3v) is 3.26. The van der Waals surface area contributed by atoms with Crippen LogP contribution in [0.1, 0.15) is 26.3 Å². The summed E-state index contributed by atoms with van der Waals surface area (Å²) in [5, 5.41) is 1.29. The molecule has 2 aromatic carbocycles. The van der Waals surface area contributed by atoms with E-state index in [1.807, 2.05) is 12.1 Å². The zero-order valence-corrected chi connectivity index (χ0v) is 10.7. The number of nitrogen functional groups attached to an aromatic ring is 1. The highest BCUT2D eigenvalue weighted by molar-refractivity contribution is 6.03. The van der Waals surface area contributed by atoms with E-state index < -0.39 is 0 Å². The van der Waals surface area contributed by atoms with E-state index in [-0.39, 0.29) is 11.8 Å². The van der Waals surface area contributed by atoms with Crippen LogP contribution in [0.25, 0.3) is 0 Å². The molecule has 0 atom stereocenters. The fourth-order valence-corrected chi connectivity index (χ4v) is 2.23. The van der Waals surface area contributed by atoms with Crippen LogP contribution in [-0.4, -0.2) is 16.8 Å². The molecule has 0 saturated heterocycles. The second-order valence-corrected chi connectivity index (χ2v) is 4.58. The molecule has 3 rings (SSSR count). The van der Waals surface area contributed by atoms with Crippen molar-refractivity contribution in [2.45, 2.75) is 6.54 Å². The molecule has 100 valence electrons. The fourth-order valence-electron chi connectivity index (χ4n) is 2.23. The molecule has 2 aromatic rings. The van der Waals surface area contributed by atoms with Gasteiger partial charge in [-0.25, -0.2) is 5.01 Å². The van der Waals surface area contributed by atoms with Crippen LogP contribution in [0.15, 0.2) is 48.5 Å². The Labute approximate surface area is 116 Å². The number of nitrogens with one attached hydrogen (secondary N) is 1. The summed E-state index contributed by atoms with van der Waals surface area (Å²) in [6.07, 6.45) is 0. The zero-order chi connectivity index (χ0) is 14.1. The third-order valence-electron chi connectivity index (χ3n) is 3.26. The summed E-state index contributed by atoms with van der Waals surface area (Å²) in [7, 11) is 0. The summed E-state index contributed by atoms with van der Waals surface area (Å²) in [5.74, 6) is -0.597. The van der Waals surface area contributed by atoms with Crippen LogP contribution in [0, 0.1) is 0 Å². The van der Waals surface area contributed by atoms with Crippen molar-refractivity contribution in [2.75, 3.05) is 5.73 Å². The molecule has 0 spiro atoms. The van der Waals surface area contributed by atoms with Gasteiger partial charge in [0.1, 0.15) is 0 Å². The van der Waals surface area contributed by atoms with Crippen molar-refractivity contribution in [1.82, 2.24) is 10.4 Å². The molecule has 0 unspecified atom stereocenters. The molecule has 5 nitrogen and oxygen atoms in total. The van der Waals surface area contributed by atoms with Gasteiger partial charge < -0.3 is 5.73 Å². The first-order valence-electron chi connectivity index (χ1n) is 6.22. The number of hydrazine groups is 1. The molecule has 0 radical (unpaired) electrons. The number of fused-ring (bicyclic) bond motifs is 1. The van der Waals surface area contributed by atoms with Gasteiger partial charge in [0.25, 0.3) is 11.8 Å². The number of benzene rings is 2. The number of amides is 2. The number of carbonyl (C=O) groups excluding carboxylic acids is 2. The Morgan fingerprint density at radius 2 is 1.80 bits per heavy atom. The van der Waals surface area contributed by atoms with Crippen molar-refractivity contribution in [2.24, 2.45) is 0 Å². The van der Waals surface area contributed by atoms with Gasteiger partial charge in [0.05, 0.1) is 12.1 Å². The molecule has 2 amide bonds. The van der Waals surface area contributed by atoms with E-state index in [9.17, 15) is 9.59 Å². The highest BCUT2D eigenvalue weighted by Crippen LogP contribution is 2.19. The Bertz CT molecular complexity index is 697. The second kappa shape index (κ2) is 4.70. The minimum absolute atomic E-state index is 0.283. The van der Waals surface area contributed by atoms with Crippen molar-refractivity contribution >= 4 is 17.5 Å². The van der Waals surface area contributed by atoms with Crippen LogP contribution in [-0.2, 0) is 6.54 Å². The quantitative estimate of drug-likeness (QED) is 0.770. The topological polar surface area (TPSA) is 75.4 Å². The van der Waals surface area contributed by atoms with Gasteiger partial charge in [-0.2, -0.15) is 0 Å². The minimum atomic E-state index is -0.314. The normalized spacial score (nSPS) is 13.6. The van der Waals surface area contributed by atoms with Crippen molar-refractivity contribution in [3.8, 4) is 0 Å². The zero-order valence-electron chi connectivity index (χ0n) is 10.7. The van der Waals surface area contributed by atoms with Gasteiger partial charge in [0.15, 0.2) is 0 Å².